The van der Waals surface area contributed by atoms with E-state index in [1.54, 1.807) is 6.07 Å². The lowest BCUT2D eigenvalue weighted by atomic mass is 10.4. The first-order chi connectivity index (χ1) is 5.86. The van der Waals surface area contributed by atoms with Gasteiger partial charge < -0.3 is 10.4 Å². The van der Waals surface area contributed by atoms with Crippen LogP contribution in [0.5, 0.6) is 0 Å². The van der Waals surface area contributed by atoms with Crippen molar-refractivity contribution in [2.75, 3.05) is 0 Å². The second-order valence-corrected chi connectivity index (χ2v) is 1.83. The van der Waals surface area contributed by atoms with Gasteiger partial charge in [0.1, 0.15) is 6.21 Å². The molecule has 0 aliphatic heterocycles. The van der Waals surface area contributed by atoms with Crippen molar-refractivity contribution in [2.24, 2.45) is 10.3 Å². The Balaban J connectivity index is 2.95. The average molecular weight is 166 g/mol. The molecule has 2 N–H and O–H groups in total. The highest BCUT2D eigenvalue weighted by atomic mass is 16.4. The largest absolute Gasteiger partial charge is 0.411 e. The van der Waals surface area contributed by atoms with E-state index < -0.39 is 0 Å². The van der Waals surface area contributed by atoms with Crippen LogP contribution in [0.2, 0.25) is 0 Å². The van der Waals surface area contributed by atoms with Crippen LogP contribution in [0.4, 0.5) is 0 Å². The minimum Gasteiger partial charge on any atom is -0.411 e. The molecule has 6 nitrogen and oxygen atoms in total. The highest BCUT2D eigenvalue weighted by molar-refractivity contribution is 5.79. The summed E-state index contributed by atoms with van der Waals surface area (Å²) in [4.78, 5) is 7.57. The van der Waals surface area contributed by atoms with Crippen LogP contribution in [0.15, 0.2) is 22.6 Å². The third kappa shape index (κ3) is 2.01. The van der Waals surface area contributed by atoms with Crippen molar-refractivity contribution in [2.45, 2.75) is 0 Å². The van der Waals surface area contributed by atoms with Crippen molar-refractivity contribution in [3.05, 3.63) is 23.8 Å². The maximum atomic E-state index is 8.17. The molecular formula is C6H6N4O2. The predicted molar refractivity (Wildman–Crippen MR) is 40.8 cm³/mol. The molecule has 0 spiro atoms. The lowest BCUT2D eigenvalue weighted by molar-refractivity contribution is 0.321. The summed E-state index contributed by atoms with van der Waals surface area (Å²) < 4.78 is 0. The third-order valence-electron chi connectivity index (χ3n) is 1.06. The van der Waals surface area contributed by atoms with Gasteiger partial charge in [-0.3, -0.25) is 0 Å². The standard InChI is InChI=1S/C6H6N4O2/c11-8-3-5-1-2-7-6(10-5)4-9-12/h1-4,11-12H. The van der Waals surface area contributed by atoms with Crippen LogP contribution in [0.3, 0.4) is 0 Å². The van der Waals surface area contributed by atoms with Crippen molar-refractivity contribution in [3.8, 4) is 0 Å². The summed E-state index contributed by atoms with van der Waals surface area (Å²) >= 11 is 0. The molecule has 12 heavy (non-hydrogen) atoms. The zero-order valence-corrected chi connectivity index (χ0v) is 5.99. The highest BCUT2D eigenvalue weighted by Gasteiger charge is 1.93. The molecule has 0 amide bonds. The van der Waals surface area contributed by atoms with Crippen LogP contribution < -0.4 is 0 Å². The Labute approximate surface area is 67.9 Å². The predicted octanol–water partition coefficient (Wildman–Crippen LogP) is 0.0928. The summed E-state index contributed by atoms with van der Waals surface area (Å²) in [6.45, 7) is 0. The van der Waals surface area contributed by atoms with Crippen molar-refractivity contribution < 1.29 is 10.4 Å². The fraction of sp³-hybridized carbons (Fsp3) is 0. The van der Waals surface area contributed by atoms with E-state index in [4.69, 9.17) is 10.4 Å². The van der Waals surface area contributed by atoms with Gasteiger partial charge in [-0.05, 0) is 6.07 Å². The van der Waals surface area contributed by atoms with Crippen molar-refractivity contribution in [1.29, 1.82) is 0 Å². The molecule has 0 atom stereocenters. The van der Waals surface area contributed by atoms with Crippen LogP contribution >= 0.6 is 0 Å². The summed E-state index contributed by atoms with van der Waals surface area (Å²) in [6, 6.07) is 1.55. The fourth-order valence-electron chi connectivity index (χ4n) is 0.633. The van der Waals surface area contributed by atoms with Gasteiger partial charge in [0.2, 0.25) is 0 Å². The Kier molecular flexibility index (Phi) is 2.72. The van der Waals surface area contributed by atoms with Gasteiger partial charge in [0.25, 0.3) is 0 Å². The number of hydrogen-bond acceptors (Lipinski definition) is 6. The van der Waals surface area contributed by atoms with Gasteiger partial charge in [-0.15, -0.1) is 0 Å². The minimum absolute atomic E-state index is 0.245. The van der Waals surface area contributed by atoms with Gasteiger partial charge in [-0.2, -0.15) is 0 Å². The van der Waals surface area contributed by atoms with Gasteiger partial charge in [-0.25, -0.2) is 9.97 Å². The summed E-state index contributed by atoms with van der Waals surface area (Å²) in [7, 11) is 0. The van der Waals surface area contributed by atoms with E-state index >= 15 is 0 Å². The van der Waals surface area contributed by atoms with Crippen molar-refractivity contribution in [3.63, 3.8) is 0 Å². The summed E-state index contributed by atoms with van der Waals surface area (Å²) in [5.41, 5.74) is 0.433. The molecule has 0 unspecified atom stereocenters. The second kappa shape index (κ2) is 4.02. The van der Waals surface area contributed by atoms with Gasteiger partial charge in [-0.1, -0.05) is 10.3 Å². The molecule has 1 rings (SSSR count). The van der Waals surface area contributed by atoms with Crippen LogP contribution in [-0.2, 0) is 0 Å². The van der Waals surface area contributed by atoms with Gasteiger partial charge in [0.15, 0.2) is 5.82 Å². The lowest BCUT2D eigenvalue weighted by Crippen LogP contribution is -1.96. The smallest absolute Gasteiger partial charge is 0.174 e. The molecule has 0 fully saturated rings. The van der Waals surface area contributed by atoms with E-state index in [-0.39, 0.29) is 5.82 Å². The van der Waals surface area contributed by atoms with Crippen molar-refractivity contribution >= 4 is 12.4 Å². The van der Waals surface area contributed by atoms with Crippen LogP contribution in [0.25, 0.3) is 0 Å². The number of oxime groups is 2. The molecule has 0 bridgehead atoms. The number of rotatable bonds is 2. The molecule has 0 aromatic carbocycles. The topological polar surface area (TPSA) is 91.0 Å². The van der Waals surface area contributed by atoms with E-state index in [0.29, 0.717) is 5.69 Å². The Morgan fingerprint density at radius 2 is 2.00 bits per heavy atom. The normalized spacial score (nSPS) is 11.3. The molecule has 0 saturated heterocycles. The quantitative estimate of drug-likeness (QED) is 0.370. The Morgan fingerprint density at radius 1 is 1.25 bits per heavy atom. The number of nitrogens with zero attached hydrogens (tertiary/aromatic N) is 4. The molecule has 0 aliphatic carbocycles. The first kappa shape index (κ1) is 8.12. The molecule has 62 valence electrons. The minimum atomic E-state index is 0.245. The molecule has 6 heteroatoms. The van der Waals surface area contributed by atoms with E-state index in [1.165, 1.54) is 6.20 Å². The molecule has 1 heterocycles. The van der Waals surface area contributed by atoms with E-state index in [0.717, 1.165) is 12.4 Å². The lowest BCUT2D eigenvalue weighted by Gasteiger charge is -1.91. The molecule has 1 aromatic heterocycles. The van der Waals surface area contributed by atoms with Gasteiger partial charge in [0.05, 0.1) is 11.9 Å². The summed E-state index contributed by atoms with van der Waals surface area (Å²) in [6.07, 6.45) is 3.69. The highest BCUT2D eigenvalue weighted by Crippen LogP contribution is 1.89. The maximum Gasteiger partial charge on any atom is 0.174 e. The Morgan fingerprint density at radius 3 is 2.67 bits per heavy atom. The second-order valence-electron chi connectivity index (χ2n) is 1.83. The first-order valence-corrected chi connectivity index (χ1v) is 3.04. The average Bonchev–Trinajstić information content (AvgIpc) is 2.06. The zero-order valence-electron chi connectivity index (χ0n) is 5.99. The monoisotopic (exact) mass is 166 g/mol. The molecule has 0 radical (unpaired) electrons. The number of hydrogen-bond donors (Lipinski definition) is 2. The molecule has 1 aromatic rings. The summed E-state index contributed by atoms with van der Waals surface area (Å²) in [5.74, 6) is 0.245. The SMILES string of the molecule is ON=Cc1ccnc(C=NO)n1. The molecule has 0 aliphatic rings. The summed E-state index contributed by atoms with van der Waals surface area (Å²) in [5, 5.41) is 21.8. The van der Waals surface area contributed by atoms with E-state index in [2.05, 4.69) is 20.3 Å². The van der Waals surface area contributed by atoms with E-state index in [9.17, 15) is 0 Å². The zero-order chi connectivity index (χ0) is 8.81. The van der Waals surface area contributed by atoms with Gasteiger partial charge >= 0.3 is 0 Å². The Hall–Kier alpha value is -1.98. The Bertz CT molecular complexity index is 283. The first-order valence-electron chi connectivity index (χ1n) is 3.04. The van der Waals surface area contributed by atoms with Crippen LogP contribution in [-0.4, -0.2) is 32.8 Å². The van der Waals surface area contributed by atoms with Crippen LogP contribution in [0, 0.1) is 0 Å². The fourth-order valence-corrected chi connectivity index (χ4v) is 0.633. The molecular weight excluding hydrogens is 160 g/mol. The van der Waals surface area contributed by atoms with E-state index in [1.807, 2.05) is 0 Å². The van der Waals surface area contributed by atoms with Crippen molar-refractivity contribution in [1.82, 2.24) is 9.97 Å². The van der Waals surface area contributed by atoms with Crippen LogP contribution in [0.1, 0.15) is 11.5 Å². The third-order valence-corrected chi connectivity index (χ3v) is 1.06. The van der Waals surface area contributed by atoms with Gasteiger partial charge in [0, 0.05) is 6.20 Å². The number of aromatic nitrogens is 2. The molecule has 0 saturated carbocycles. The maximum absolute atomic E-state index is 8.17.